The van der Waals surface area contributed by atoms with Crippen LogP contribution in [0.15, 0.2) is 60.7 Å². The van der Waals surface area contributed by atoms with Gasteiger partial charge in [0.15, 0.2) is 0 Å². The van der Waals surface area contributed by atoms with E-state index in [1.165, 1.54) is 78.8 Å². The SMILES string of the molecule is COC(=O)c1ccc2c(C(F)(F)F)c(NC3CCC(C)CC3)ccc2c1.COC(=O)c1ccc2c(I)c(NC3CCC(C)CC3)ccc2c1. The Labute approximate surface area is 299 Å². The van der Waals surface area contributed by atoms with Gasteiger partial charge in [0.25, 0.3) is 0 Å². The standard InChI is InChI=1S/C20H22F3NO2.C19H22INO2/c1-12-3-7-15(8-4-12)24-17-10-6-13-11-14(19(25)26-2)5-9-16(13)18(17)20(21,22)23;1-12-3-7-15(8-4-12)21-17-10-6-13-11-14(19(22)23-2)5-9-16(13)18(17)20/h5-6,9-12,15,24H,3-4,7-8H2,1-2H3;5-6,9-12,15,21H,3-4,7-8H2,1-2H3. The lowest BCUT2D eigenvalue weighted by molar-refractivity contribution is -0.135. The summed E-state index contributed by atoms with van der Waals surface area (Å²) in [5.74, 6) is 0.628. The number of benzene rings is 4. The number of nitrogens with one attached hydrogen (secondary N) is 2. The van der Waals surface area contributed by atoms with Crippen LogP contribution >= 0.6 is 22.6 Å². The zero-order valence-electron chi connectivity index (χ0n) is 28.4. The highest BCUT2D eigenvalue weighted by atomic mass is 127. The minimum absolute atomic E-state index is 0.0547. The maximum Gasteiger partial charge on any atom is 0.418 e. The lowest BCUT2D eigenvalue weighted by Crippen LogP contribution is -2.26. The summed E-state index contributed by atoms with van der Waals surface area (Å²) in [4.78, 5) is 23.3. The molecule has 2 N–H and O–H groups in total. The minimum atomic E-state index is -4.49. The third-order valence-corrected chi connectivity index (χ3v) is 11.0. The van der Waals surface area contributed by atoms with Gasteiger partial charge in [-0.1, -0.05) is 38.1 Å². The second-order valence-electron chi connectivity index (χ2n) is 13.5. The van der Waals surface area contributed by atoms with E-state index in [9.17, 15) is 22.8 Å². The molecule has 0 spiro atoms. The molecule has 0 unspecified atom stereocenters. The third-order valence-electron chi connectivity index (χ3n) is 9.85. The zero-order chi connectivity index (χ0) is 35.3. The van der Waals surface area contributed by atoms with E-state index in [1.54, 1.807) is 6.07 Å². The van der Waals surface area contributed by atoms with Crippen molar-refractivity contribution in [2.45, 2.75) is 83.5 Å². The van der Waals surface area contributed by atoms with Gasteiger partial charge in [-0.15, -0.1) is 0 Å². The summed E-state index contributed by atoms with van der Waals surface area (Å²) in [7, 11) is 2.65. The smallest absolute Gasteiger partial charge is 0.418 e. The van der Waals surface area contributed by atoms with Gasteiger partial charge in [-0.25, -0.2) is 9.59 Å². The van der Waals surface area contributed by atoms with Crippen molar-refractivity contribution in [2.75, 3.05) is 24.9 Å². The number of fused-ring (bicyclic) bond motifs is 2. The second kappa shape index (κ2) is 16.0. The summed E-state index contributed by atoms with van der Waals surface area (Å²) < 4.78 is 52.0. The number of rotatable bonds is 6. The fourth-order valence-corrected chi connectivity index (χ4v) is 7.72. The Bertz CT molecular complexity index is 1800. The summed E-state index contributed by atoms with van der Waals surface area (Å²) in [6, 6.07) is 17.8. The summed E-state index contributed by atoms with van der Waals surface area (Å²) in [5.41, 5.74) is 1.46. The molecule has 2 saturated carbocycles. The molecule has 0 amide bonds. The molecule has 2 aliphatic carbocycles. The number of hydrogen-bond donors (Lipinski definition) is 2. The number of ether oxygens (including phenoxy) is 2. The van der Waals surface area contributed by atoms with E-state index < -0.39 is 17.7 Å². The van der Waals surface area contributed by atoms with Crippen LogP contribution < -0.4 is 10.6 Å². The van der Waals surface area contributed by atoms with Crippen LogP contribution in [0, 0.1) is 15.4 Å². The third kappa shape index (κ3) is 8.98. The number of carbonyl (C=O) groups excluding carboxylic acids is 2. The minimum Gasteiger partial charge on any atom is -0.465 e. The van der Waals surface area contributed by atoms with E-state index >= 15 is 0 Å². The van der Waals surface area contributed by atoms with Crippen LogP contribution in [0.1, 0.15) is 91.5 Å². The summed E-state index contributed by atoms with van der Waals surface area (Å²) in [6.07, 6.45) is 4.41. The molecule has 2 fully saturated rings. The second-order valence-corrected chi connectivity index (χ2v) is 14.5. The summed E-state index contributed by atoms with van der Waals surface area (Å²) in [6.45, 7) is 4.52. The highest BCUT2D eigenvalue weighted by Crippen LogP contribution is 2.41. The average molecular weight is 789 g/mol. The molecule has 4 aromatic rings. The van der Waals surface area contributed by atoms with Crippen LogP contribution in [0.4, 0.5) is 24.5 Å². The van der Waals surface area contributed by atoms with E-state index in [-0.39, 0.29) is 28.6 Å². The van der Waals surface area contributed by atoms with Crippen LogP contribution in [-0.2, 0) is 15.7 Å². The molecule has 49 heavy (non-hydrogen) atoms. The Kier molecular flexibility index (Phi) is 12.0. The molecular weight excluding hydrogens is 744 g/mol. The highest BCUT2D eigenvalue weighted by molar-refractivity contribution is 14.1. The first-order chi connectivity index (χ1) is 23.4. The fraction of sp³-hybridized carbons (Fsp3) is 0.436. The Hall–Kier alpha value is -3.54. The summed E-state index contributed by atoms with van der Waals surface area (Å²) in [5, 5.41) is 9.51. The molecule has 10 heteroatoms. The highest BCUT2D eigenvalue weighted by Gasteiger charge is 2.36. The Morgan fingerprint density at radius 1 is 0.653 bits per heavy atom. The predicted molar refractivity (Wildman–Crippen MR) is 198 cm³/mol. The van der Waals surface area contributed by atoms with Crippen molar-refractivity contribution in [3.8, 4) is 0 Å². The van der Waals surface area contributed by atoms with Gasteiger partial charge in [-0.05, 0) is 144 Å². The molecule has 6 rings (SSSR count). The van der Waals surface area contributed by atoms with Gasteiger partial charge in [0.1, 0.15) is 0 Å². The normalized spacial score (nSPS) is 21.0. The lowest BCUT2D eigenvalue weighted by Gasteiger charge is -2.29. The van der Waals surface area contributed by atoms with Crippen molar-refractivity contribution in [1.82, 2.24) is 0 Å². The van der Waals surface area contributed by atoms with Gasteiger partial charge in [0.05, 0.1) is 30.9 Å². The number of methoxy groups -OCH3 is 2. The molecule has 0 bridgehead atoms. The largest absolute Gasteiger partial charge is 0.465 e. The molecule has 0 radical (unpaired) electrons. The van der Waals surface area contributed by atoms with Crippen molar-refractivity contribution < 1.29 is 32.2 Å². The van der Waals surface area contributed by atoms with Gasteiger partial charge in [-0.3, -0.25) is 0 Å². The van der Waals surface area contributed by atoms with Gasteiger partial charge in [0, 0.05) is 27.0 Å². The van der Waals surface area contributed by atoms with Crippen LogP contribution in [0.25, 0.3) is 21.5 Å². The molecule has 2 aliphatic rings. The van der Waals surface area contributed by atoms with Crippen LogP contribution in [0.3, 0.4) is 0 Å². The predicted octanol–water partition coefficient (Wildman–Crippen LogP) is 10.9. The number of alkyl halides is 3. The molecule has 262 valence electrons. The van der Waals surface area contributed by atoms with Crippen molar-refractivity contribution in [1.29, 1.82) is 0 Å². The molecule has 0 heterocycles. The molecule has 6 nitrogen and oxygen atoms in total. The van der Waals surface area contributed by atoms with Crippen molar-refractivity contribution in [2.24, 2.45) is 11.8 Å². The van der Waals surface area contributed by atoms with E-state index in [1.807, 2.05) is 18.2 Å². The molecule has 4 aromatic carbocycles. The molecule has 0 aliphatic heterocycles. The Morgan fingerprint density at radius 3 is 1.55 bits per heavy atom. The Balaban J connectivity index is 0.000000192. The van der Waals surface area contributed by atoms with Gasteiger partial charge in [-0.2, -0.15) is 13.2 Å². The van der Waals surface area contributed by atoms with Crippen LogP contribution in [-0.4, -0.2) is 38.2 Å². The number of esters is 2. The van der Waals surface area contributed by atoms with Crippen molar-refractivity contribution in [3.05, 3.63) is 80.9 Å². The summed E-state index contributed by atoms with van der Waals surface area (Å²) >= 11 is 2.40. The van der Waals surface area contributed by atoms with E-state index in [4.69, 9.17) is 4.74 Å². The molecule has 0 atom stereocenters. The zero-order valence-corrected chi connectivity index (χ0v) is 30.5. The van der Waals surface area contributed by atoms with Gasteiger partial charge >= 0.3 is 18.1 Å². The van der Waals surface area contributed by atoms with Crippen LogP contribution in [0.2, 0.25) is 0 Å². The quantitative estimate of drug-likeness (QED) is 0.150. The molecule has 0 saturated heterocycles. The number of hydrogen-bond acceptors (Lipinski definition) is 6. The maximum absolute atomic E-state index is 13.8. The molecular formula is C39H44F3IN2O4. The number of halogens is 4. The fourth-order valence-electron chi connectivity index (χ4n) is 6.90. The lowest BCUT2D eigenvalue weighted by atomic mass is 9.87. The molecule has 0 aromatic heterocycles. The van der Waals surface area contributed by atoms with Crippen LogP contribution in [0.5, 0.6) is 0 Å². The number of anilines is 2. The van der Waals surface area contributed by atoms with E-state index in [2.05, 4.69) is 63.9 Å². The Morgan fingerprint density at radius 2 is 1.08 bits per heavy atom. The van der Waals surface area contributed by atoms with Crippen molar-refractivity contribution >= 4 is 67.4 Å². The average Bonchev–Trinajstić information content (AvgIpc) is 3.10. The topological polar surface area (TPSA) is 76.7 Å². The first kappa shape index (κ1) is 36.7. The van der Waals surface area contributed by atoms with Crippen molar-refractivity contribution in [3.63, 3.8) is 0 Å². The maximum atomic E-state index is 13.8. The van der Waals surface area contributed by atoms with E-state index in [0.717, 1.165) is 37.0 Å². The number of carbonyl (C=O) groups is 2. The monoisotopic (exact) mass is 788 g/mol. The van der Waals surface area contributed by atoms with Gasteiger partial charge in [0.2, 0.25) is 0 Å². The first-order valence-electron chi connectivity index (χ1n) is 16.9. The van der Waals surface area contributed by atoms with E-state index in [0.29, 0.717) is 22.9 Å². The first-order valence-corrected chi connectivity index (χ1v) is 18.0. The van der Waals surface area contributed by atoms with Gasteiger partial charge < -0.3 is 20.1 Å².